The first-order valence-corrected chi connectivity index (χ1v) is 10.4. The van der Waals surface area contributed by atoms with E-state index in [1.807, 2.05) is 24.3 Å². The molecular formula is C24H20F3N3O4. The van der Waals surface area contributed by atoms with Gasteiger partial charge in [0.05, 0.1) is 18.4 Å². The number of hydrogen-bond donors (Lipinski definition) is 2. The molecule has 1 aromatic heterocycles. The number of alkyl halides is 3. The molecule has 1 unspecified atom stereocenters. The highest BCUT2D eigenvalue weighted by molar-refractivity contribution is 5.99. The number of carbonyl (C=O) groups is 2. The van der Waals surface area contributed by atoms with E-state index in [0.717, 1.165) is 23.0 Å². The first kappa shape index (κ1) is 23.1. The normalized spacial score (nSPS) is 15.9. The number of amides is 2. The maximum atomic E-state index is 13.2. The summed E-state index contributed by atoms with van der Waals surface area (Å²) in [5.41, 5.74) is 3.61. The number of benzene rings is 2. The van der Waals surface area contributed by atoms with E-state index in [4.69, 9.17) is 5.11 Å². The van der Waals surface area contributed by atoms with E-state index in [0.29, 0.717) is 24.1 Å². The second-order valence-corrected chi connectivity index (χ2v) is 7.72. The molecule has 1 aliphatic heterocycles. The summed E-state index contributed by atoms with van der Waals surface area (Å²) in [5.74, 6) is -0.742. The molecule has 0 fully saturated rings. The van der Waals surface area contributed by atoms with E-state index in [-0.39, 0.29) is 12.5 Å². The maximum absolute atomic E-state index is 13.2. The number of nitrogens with zero attached hydrogens (tertiary/aromatic N) is 2. The van der Waals surface area contributed by atoms with E-state index in [1.54, 1.807) is 29.2 Å². The third-order valence-electron chi connectivity index (χ3n) is 5.41. The minimum Gasteiger partial charge on any atom is -0.465 e. The van der Waals surface area contributed by atoms with Gasteiger partial charge in [0, 0.05) is 11.3 Å². The molecule has 0 bridgehead atoms. The molecule has 0 spiro atoms. The van der Waals surface area contributed by atoms with Crippen LogP contribution >= 0.6 is 0 Å². The molecule has 0 radical (unpaired) electrons. The van der Waals surface area contributed by atoms with Crippen molar-refractivity contribution in [1.29, 1.82) is 0 Å². The summed E-state index contributed by atoms with van der Waals surface area (Å²) in [7, 11) is 0. The fraction of sp³-hybridized carbons (Fsp3) is 0.208. The largest absolute Gasteiger partial charge is 0.573 e. The summed E-state index contributed by atoms with van der Waals surface area (Å²) in [6.07, 6.45) is -4.13. The van der Waals surface area contributed by atoms with Gasteiger partial charge >= 0.3 is 12.5 Å². The van der Waals surface area contributed by atoms with Crippen LogP contribution in [0.4, 0.5) is 23.7 Å². The number of fused-ring (bicyclic) bond motifs is 1. The number of hydrogen-bond acceptors (Lipinski definition) is 4. The minimum absolute atomic E-state index is 0.222. The summed E-state index contributed by atoms with van der Waals surface area (Å²) in [6.45, 7) is 0.222. The highest BCUT2D eigenvalue weighted by atomic mass is 19.4. The van der Waals surface area contributed by atoms with Gasteiger partial charge in [0.1, 0.15) is 11.8 Å². The molecule has 34 heavy (non-hydrogen) atoms. The summed E-state index contributed by atoms with van der Waals surface area (Å²) in [6, 6.07) is 16.3. The summed E-state index contributed by atoms with van der Waals surface area (Å²) in [5, 5.41) is 11.4. The number of pyridine rings is 1. The van der Waals surface area contributed by atoms with Crippen LogP contribution in [0.3, 0.4) is 0 Å². The lowest BCUT2D eigenvalue weighted by atomic mass is 10.1. The first-order valence-electron chi connectivity index (χ1n) is 10.4. The van der Waals surface area contributed by atoms with Gasteiger partial charge in [0.15, 0.2) is 0 Å². The van der Waals surface area contributed by atoms with Crippen molar-refractivity contribution in [3.8, 4) is 17.0 Å². The fourth-order valence-electron chi connectivity index (χ4n) is 3.87. The molecule has 10 heteroatoms. The van der Waals surface area contributed by atoms with Gasteiger partial charge < -0.3 is 20.1 Å². The number of aryl methyl sites for hydroxylation is 1. The van der Waals surface area contributed by atoms with Crippen LogP contribution in [-0.4, -0.2) is 34.5 Å². The predicted molar refractivity (Wildman–Crippen MR) is 117 cm³/mol. The molecule has 4 rings (SSSR count). The number of ether oxygens (including phenoxy) is 1. The molecule has 0 saturated carbocycles. The number of anilines is 1. The second-order valence-electron chi connectivity index (χ2n) is 7.72. The Hall–Kier alpha value is -4.08. The van der Waals surface area contributed by atoms with Gasteiger partial charge in [-0.25, -0.2) is 4.79 Å². The van der Waals surface area contributed by atoms with Crippen LogP contribution in [0.2, 0.25) is 0 Å². The van der Waals surface area contributed by atoms with E-state index in [1.165, 1.54) is 12.1 Å². The molecular weight excluding hydrogens is 451 g/mol. The van der Waals surface area contributed by atoms with Gasteiger partial charge in [-0.3, -0.25) is 9.78 Å². The molecule has 3 aromatic rings. The lowest BCUT2D eigenvalue weighted by molar-refractivity contribution is -0.274. The molecule has 2 N–H and O–H groups in total. The highest BCUT2D eigenvalue weighted by Crippen LogP contribution is 2.29. The highest BCUT2D eigenvalue weighted by Gasteiger charge is 2.32. The van der Waals surface area contributed by atoms with Crippen molar-refractivity contribution in [2.24, 2.45) is 0 Å². The Morgan fingerprint density at radius 3 is 2.50 bits per heavy atom. The van der Waals surface area contributed by atoms with Crippen LogP contribution in [0.5, 0.6) is 5.75 Å². The Kier molecular flexibility index (Phi) is 6.40. The molecule has 2 amide bonds. The van der Waals surface area contributed by atoms with Gasteiger partial charge in [-0.2, -0.15) is 0 Å². The van der Waals surface area contributed by atoms with Crippen molar-refractivity contribution in [2.45, 2.75) is 31.8 Å². The SMILES string of the molecule is O=C(O)NC1CCc2ccccc2N(Cc2ccc(-c3ccc(OC(F)(F)F)cn3)cc2)C1=O. The average molecular weight is 471 g/mol. The Morgan fingerprint density at radius 2 is 1.85 bits per heavy atom. The summed E-state index contributed by atoms with van der Waals surface area (Å²) >= 11 is 0. The standard InChI is InChI=1S/C24H20F3N3O4/c25-24(26,27)34-18-10-12-19(28-13-18)16-7-5-15(6-8-16)14-30-21-4-2-1-3-17(21)9-11-20(22(30)31)29-23(32)33/h1-8,10,12-13,20,29H,9,11,14H2,(H,32,33). The van der Waals surface area contributed by atoms with Crippen molar-refractivity contribution < 1.29 is 32.6 Å². The smallest absolute Gasteiger partial charge is 0.465 e. The van der Waals surface area contributed by atoms with E-state index >= 15 is 0 Å². The second kappa shape index (κ2) is 9.42. The van der Waals surface area contributed by atoms with Crippen molar-refractivity contribution in [1.82, 2.24) is 10.3 Å². The average Bonchev–Trinajstić information content (AvgIpc) is 2.91. The molecule has 1 atom stereocenters. The quantitative estimate of drug-likeness (QED) is 0.560. The number of carboxylic acid groups (broad SMARTS) is 1. The van der Waals surface area contributed by atoms with Gasteiger partial charge in [0.2, 0.25) is 5.91 Å². The molecule has 176 valence electrons. The third-order valence-corrected chi connectivity index (χ3v) is 5.41. The summed E-state index contributed by atoms with van der Waals surface area (Å²) < 4.78 is 40.8. The van der Waals surface area contributed by atoms with E-state index in [2.05, 4.69) is 15.0 Å². The maximum Gasteiger partial charge on any atom is 0.573 e. The number of halogens is 3. The Bertz CT molecular complexity index is 1180. The van der Waals surface area contributed by atoms with Gasteiger partial charge in [-0.15, -0.1) is 13.2 Å². The van der Waals surface area contributed by atoms with Crippen LogP contribution in [0, 0.1) is 0 Å². The first-order chi connectivity index (χ1) is 16.2. The molecule has 0 aliphatic carbocycles. The van der Waals surface area contributed by atoms with Crippen molar-refractivity contribution in [3.05, 3.63) is 78.0 Å². The lowest BCUT2D eigenvalue weighted by Gasteiger charge is -2.26. The predicted octanol–water partition coefficient (Wildman–Crippen LogP) is 4.76. The van der Waals surface area contributed by atoms with Crippen LogP contribution in [0.25, 0.3) is 11.3 Å². The topological polar surface area (TPSA) is 91.8 Å². The minimum atomic E-state index is -4.78. The van der Waals surface area contributed by atoms with Gasteiger partial charge in [-0.05, 0) is 42.2 Å². The van der Waals surface area contributed by atoms with Crippen LogP contribution in [0.1, 0.15) is 17.5 Å². The number of rotatable bonds is 5. The number of carbonyl (C=O) groups excluding carboxylic acids is 1. The van der Waals surface area contributed by atoms with Crippen LogP contribution in [0.15, 0.2) is 66.9 Å². The zero-order chi connectivity index (χ0) is 24.3. The number of nitrogens with one attached hydrogen (secondary N) is 1. The van der Waals surface area contributed by atoms with Crippen molar-refractivity contribution in [2.75, 3.05) is 4.90 Å². The Labute approximate surface area is 192 Å². The van der Waals surface area contributed by atoms with Gasteiger partial charge in [0.25, 0.3) is 0 Å². The molecule has 2 aromatic carbocycles. The Morgan fingerprint density at radius 1 is 1.12 bits per heavy atom. The number of para-hydroxylation sites is 1. The van der Waals surface area contributed by atoms with E-state index in [9.17, 15) is 22.8 Å². The lowest BCUT2D eigenvalue weighted by Crippen LogP contribution is -2.47. The third kappa shape index (κ3) is 5.45. The zero-order valence-electron chi connectivity index (χ0n) is 17.7. The van der Waals surface area contributed by atoms with Crippen LogP contribution < -0.4 is 15.0 Å². The van der Waals surface area contributed by atoms with Crippen molar-refractivity contribution >= 4 is 17.7 Å². The van der Waals surface area contributed by atoms with Crippen LogP contribution in [-0.2, 0) is 17.8 Å². The zero-order valence-corrected chi connectivity index (χ0v) is 17.7. The summed E-state index contributed by atoms with van der Waals surface area (Å²) in [4.78, 5) is 29.9. The van der Waals surface area contributed by atoms with E-state index < -0.39 is 24.2 Å². The van der Waals surface area contributed by atoms with Crippen molar-refractivity contribution in [3.63, 3.8) is 0 Å². The molecule has 1 aliphatic rings. The van der Waals surface area contributed by atoms with Gasteiger partial charge in [-0.1, -0.05) is 42.5 Å². The monoisotopic (exact) mass is 471 g/mol. The molecule has 0 saturated heterocycles. The molecule has 2 heterocycles. The molecule has 7 nitrogen and oxygen atoms in total. The Balaban J connectivity index is 1.54. The fourth-order valence-corrected chi connectivity index (χ4v) is 3.87. The number of aromatic nitrogens is 1.